The molecule has 0 bridgehead atoms. The van der Waals surface area contributed by atoms with E-state index in [9.17, 15) is 9.59 Å². The Morgan fingerprint density at radius 1 is 1.32 bits per heavy atom. The van der Waals surface area contributed by atoms with Crippen molar-refractivity contribution >= 4 is 17.7 Å². The molecule has 0 unspecified atom stereocenters. The van der Waals surface area contributed by atoms with Crippen molar-refractivity contribution < 1.29 is 24.2 Å². The van der Waals surface area contributed by atoms with Gasteiger partial charge in [0.15, 0.2) is 0 Å². The van der Waals surface area contributed by atoms with Crippen molar-refractivity contribution in [1.29, 1.82) is 0 Å². The highest BCUT2D eigenvalue weighted by atomic mass is 16.5. The second-order valence-corrected chi connectivity index (χ2v) is 6.09. The SMILES string of the molecule is CCCCOc1ccc(OC)cc1NC(=O)N1CCC(C(=O)O)CC1. The summed E-state index contributed by atoms with van der Waals surface area (Å²) in [5.41, 5.74) is 0.556. The number of likely N-dealkylation sites (tertiary alicyclic amines) is 1. The van der Waals surface area contributed by atoms with Crippen molar-refractivity contribution in [3.63, 3.8) is 0 Å². The van der Waals surface area contributed by atoms with Crippen LogP contribution < -0.4 is 14.8 Å². The number of rotatable bonds is 7. The molecule has 0 aliphatic carbocycles. The van der Waals surface area contributed by atoms with Gasteiger partial charge in [-0.1, -0.05) is 13.3 Å². The van der Waals surface area contributed by atoms with Gasteiger partial charge in [0.1, 0.15) is 11.5 Å². The number of ether oxygens (including phenoxy) is 2. The number of methoxy groups -OCH3 is 1. The van der Waals surface area contributed by atoms with Crippen LogP contribution >= 0.6 is 0 Å². The maximum Gasteiger partial charge on any atom is 0.321 e. The normalized spacial score (nSPS) is 14.9. The first kappa shape index (κ1) is 18.9. The van der Waals surface area contributed by atoms with Crippen molar-refractivity contribution in [3.05, 3.63) is 18.2 Å². The molecular weight excluding hydrogens is 324 g/mol. The maximum absolute atomic E-state index is 12.5. The smallest absolute Gasteiger partial charge is 0.321 e. The Labute approximate surface area is 147 Å². The van der Waals surface area contributed by atoms with Gasteiger partial charge in [0.2, 0.25) is 0 Å². The van der Waals surface area contributed by atoms with Gasteiger partial charge in [0, 0.05) is 19.2 Å². The second kappa shape index (κ2) is 9.15. The monoisotopic (exact) mass is 350 g/mol. The molecule has 0 atom stereocenters. The second-order valence-electron chi connectivity index (χ2n) is 6.09. The molecule has 7 heteroatoms. The van der Waals surface area contributed by atoms with Crippen LogP contribution in [0.25, 0.3) is 0 Å². The van der Waals surface area contributed by atoms with E-state index in [1.54, 1.807) is 30.2 Å². The quantitative estimate of drug-likeness (QED) is 0.737. The summed E-state index contributed by atoms with van der Waals surface area (Å²) in [6.45, 7) is 3.52. The Morgan fingerprint density at radius 3 is 2.64 bits per heavy atom. The third-order valence-corrected chi connectivity index (χ3v) is 4.32. The average molecular weight is 350 g/mol. The molecule has 2 rings (SSSR count). The number of nitrogens with one attached hydrogen (secondary N) is 1. The van der Waals surface area contributed by atoms with E-state index in [0.29, 0.717) is 49.7 Å². The Hall–Kier alpha value is -2.44. The zero-order chi connectivity index (χ0) is 18.2. The molecule has 1 fully saturated rings. The average Bonchev–Trinajstić information content (AvgIpc) is 2.63. The van der Waals surface area contributed by atoms with Crippen LogP contribution in [0.1, 0.15) is 32.6 Å². The summed E-state index contributed by atoms with van der Waals surface area (Å²) in [5, 5.41) is 11.9. The fraction of sp³-hybridized carbons (Fsp3) is 0.556. The summed E-state index contributed by atoms with van der Waals surface area (Å²) in [5.74, 6) is 0.0685. The van der Waals surface area contributed by atoms with Gasteiger partial charge < -0.3 is 24.8 Å². The number of carbonyl (C=O) groups excluding carboxylic acids is 1. The number of hydrogen-bond donors (Lipinski definition) is 2. The van der Waals surface area contributed by atoms with Crippen molar-refractivity contribution in [1.82, 2.24) is 4.90 Å². The number of nitrogens with zero attached hydrogens (tertiary/aromatic N) is 1. The first-order valence-electron chi connectivity index (χ1n) is 8.64. The van der Waals surface area contributed by atoms with Gasteiger partial charge in [0.05, 0.1) is 25.3 Å². The molecule has 0 saturated carbocycles. The number of carboxylic acid groups (broad SMARTS) is 1. The minimum absolute atomic E-state index is 0.252. The number of anilines is 1. The molecule has 0 aromatic heterocycles. The molecule has 2 N–H and O–H groups in total. The number of carbonyl (C=O) groups is 2. The topological polar surface area (TPSA) is 88.1 Å². The number of amides is 2. The van der Waals surface area contributed by atoms with Gasteiger partial charge in [-0.2, -0.15) is 0 Å². The van der Waals surface area contributed by atoms with Crippen molar-refractivity contribution in [2.45, 2.75) is 32.6 Å². The van der Waals surface area contributed by atoms with E-state index in [0.717, 1.165) is 12.8 Å². The third-order valence-electron chi connectivity index (χ3n) is 4.32. The van der Waals surface area contributed by atoms with E-state index in [-0.39, 0.29) is 11.9 Å². The van der Waals surface area contributed by atoms with E-state index >= 15 is 0 Å². The molecule has 1 aromatic carbocycles. The van der Waals surface area contributed by atoms with Gasteiger partial charge in [-0.3, -0.25) is 4.79 Å². The molecule has 25 heavy (non-hydrogen) atoms. The van der Waals surface area contributed by atoms with E-state index in [2.05, 4.69) is 12.2 Å². The molecule has 1 heterocycles. The number of piperidine rings is 1. The molecule has 138 valence electrons. The number of urea groups is 1. The van der Waals surface area contributed by atoms with Crippen LogP contribution in [0, 0.1) is 5.92 Å². The minimum Gasteiger partial charge on any atom is -0.497 e. The molecular formula is C18H26N2O5. The van der Waals surface area contributed by atoms with Crippen molar-refractivity contribution in [2.24, 2.45) is 5.92 Å². The van der Waals surface area contributed by atoms with Gasteiger partial charge in [-0.25, -0.2) is 4.79 Å². The molecule has 0 radical (unpaired) electrons. The number of unbranched alkanes of at least 4 members (excludes halogenated alkanes) is 1. The van der Waals surface area contributed by atoms with E-state index in [1.807, 2.05) is 0 Å². The predicted molar refractivity (Wildman–Crippen MR) is 94.3 cm³/mol. The van der Waals surface area contributed by atoms with Crippen LogP contribution in [0.4, 0.5) is 10.5 Å². The van der Waals surface area contributed by atoms with Crippen LogP contribution in [0.2, 0.25) is 0 Å². The number of aliphatic carboxylic acids is 1. The van der Waals surface area contributed by atoms with Crippen molar-refractivity contribution in [2.75, 3.05) is 32.1 Å². The van der Waals surface area contributed by atoms with Gasteiger partial charge in [-0.15, -0.1) is 0 Å². The Kier molecular flexibility index (Phi) is 6.91. The van der Waals surface area contributed by atoms with Gasteiger partial charge in [0.25, 0.3) is 0 Å². The summed E-state index contributed by atoms with van der Waals surface area (Å²) in [6.07, 6.45) is 2.90. The van der Waals surface area contributed by atoms with E-state index in [4.69, 9.17) is 14.6 Å². The van der Waals surface area contributed by atoms with Crippen LogP contribution in [0.3, 0.4) is 0 Å². The summed E-state index contributed by atoms with van der Waals surface area (Å²) in [4.78, 5) is 25.1. The largest absolute Gasteiger partial charge is 0.497 e. The lowest BCUT2D eigenvalue weighted by atomic mass is 9.97. The first-order valence-corrected chi connectivity index (χ1v) is 8.64. The lowest BCUT2D eigenvalue weighted by Crippen LogP contribution is -2.42. The Bertz CT molecular complexity index is 597. The van der Waals surface area contributed by atoms with Crippen LogP contribution in [0.5, 0.6) is 11.5 Å². The lowest BCUT2D eigenvalue weighted by molar-refractivity contribution is -0.143. The molecule has 2 amide bonds. The maximum atomic E-state index is 12.5. The van der Waals surface area contributed by atoms with E-state index in [1.165, 1.54) is 0 Å². The summed E-state index contributed by atoms with van der Waals surface area (Å²) in [7, 11) is 1.56. The van der Waals surface area contributed by atoms with Gasteiger partial charge in [-0.05, 0) is 31.4 Å². The van der Waals surface area contributed by atoms with Crippen LogP contribution in [-0.2, 0) is 4.79 Å². The highest BCUT2D eigenvalue weighted by Crippen LogP contribution is 2.30. The zero-order valence-electron chi connectivity index (χ0n) is 14.8. The molecule has 1 saturated heterocycles. The summed E-state index contributed by atoms with van der Waals surface area (Å²) in [6, 6.07) is 5.04. The zero-order valence-corrected chi connectivity index (χ0v) is 14.8. The van der Waals surface area contributed by atoms with Crippen LogP contribution in [0.15, 0.2) is 18.2 Å². The Morgan fingerprint density at radius 2 is 2.04 bits per heavy atom. The van der Waals surface area contributed by atoms with Gasteiger partial charge >= 0.3 is 12.0 Å². The standard InChI is InChI=1S/C18H26N2O5/c1-3-4-11-25-16-6-5-14(24-2)12-15(16)19-18(23)20-9-7-13(8-10-20)17(21)22/h5-6,12-13H,3-4,7-11H2,1-2H3,(H,19,23)(H,21,22). The third kappa shape index (κ3) is 5.27. The molecule has 0 spiro atoms. The molecule has 1 aromatic rings. The molecule has 1 aliphatic rings. The molecule has 7 nitrogen and oxygen atoms in total. The fourth-order valence-corrected chi connectivity index (χ4v) is 2.71. The summed E-state index contributed by atoms with van der Waals surface area (Å²) < 4.78 is 11.0. The summed E-state index contributed by atoms with van der Waals surface area (Å²) >= 11 is 0. The Balaban J connectivity index is 2.02. The van der Waals surface area contributed by atoms with E-state index < -0.39 is 5.97 Å². The lowest BCUT2D eigenvalue weighted by Gasteiger charge is -2.30. The number of hydrogen-bond acceptors (Lipinski definition) is 4. The van der Waals surface area contributed by atoms with Crippen molar-refractivity contribution in [3.8, 4) is 11.5 Å². The number of benzene rings is 1. The minimum atomic E-state index is -0.792. The van der Waals surface area contributed by atoms with Crippen LogP contribution in [-0.4, -0.2) is 48.8 Å². The molecule has 1 aliphatic heterocycles. The predicted octanol–water partition coefficient (Wildman–Crippen LogP) is 3.20. The highest BCUT2D eigenvalue weighted by Gasteiger charge is 2.27. The number of carboxylic acids is 1. The first-order chi connectivity index (χ1) is 12.0. The highest BCUT2D eigenvalue weighted by molar-refractivity contribution is 5.91. The fourth-order valence-electron chi connectivity index (χ4n) is 2.71.